The van der Waals surface area contributed by atoms with Crippen molar-refractivity contribution in [3.05, 3.63) is 24.4 Å². The van der Waals surface area contributed by atoms with E-state index in [9.17, 15) is 0 Å². The minimum Gasteiger partial charge on any atom is -0.481 e. The Kier molecular flexibility index (Phi) is 2.18. The number of anilines is 1. The van der Waals surface area contributed by atoms with Gasteiger partial charge in [-0.3, -0.25) is 4.98 Å². The molecule has 4 nitrogen and oxygen atoms in total. The first-order chi connectivity index (χ1) is 6.83. The number of nitrogens with one attached hydrogen (secondary N) is 1. The van der Waals surface area contributed by atoms with E-state index in [0.717, 1.165) is 16.7 Å². The molecule has 0 atom stereocenters. The van der Waals surface area contributed by atoms with Crippen LogP contribution < -0.4 is 10.1 Å². The van der Waals surface area contributed by atoms with Crippen molar-refractivity contribution < 1.29 is 4.74 Å². The number of rotatable bonds is 2. The van der Waals surface area contributed by atoms with Crippen molar-refractivity contribution in [3.63, 3.8) is 0 Å². The van der Waals surface area contributed by atoms with Crippen LogP contribution >= 0.6 is 0 Å². The van der Waals surface area contributed by atoms with Gasteiger partial charge in [-0.15, -0.1) is 0 Å². The summed E-state index contributed by atoms with van der Waals surface area (Å²) in [6.07, 6.45) is 1.77. The van der Waals surface area contributed by atoms with Crippen LogP contribution in [-0.4, -0.2) is 24.1 Å². The lowest BCUT2D eigenvalue weighted by Gasteiger charge is -2.03. The van der Waals surface area contributed by atoms with Crippen molar-refractivity contribution >= 4 is 16.7 Å². The molecule has 2 rings (SSSR count). The lowest BCUT2D eigenvalue weighted by Crippen LogP contribution is -1.92. The lowest BCUT2D eigenvalue weighted by molar-refractivity contribution is 0.399. The maximum atomic E-state index is 5.04. The van der Waals surface area contributed by atoms with Gasteiger partial charge >= 0.3 is 0 Å². The Morgan fingerprint density at radius 3 is 2.86 bits per heavy atom. The number of aromatic nitrogens is 2. The van der Waals surface area contributed by atoms with Crippen LogP contribution in [0.5, 0.6) is 5.88 Å². The maximum Gasteiger partial charge on any atom is 0.213 e. The molecule has 0 aromatic carbocycles. The Hall–Kier alpha value is -1.84. The van der Waals surface area contributed by atoms with Crippen LogP contribution in [-0.2, 0) is 0 Å². The molecule has 14 heavy (non-hydrogen) atoms. The quantitative estimate of drug-likeness (QED) is 0.780. The van der Waals surface area contributed by atoms with Crippen molar-refractivity contribution in [3.8, 4) is 5.88 Å². The van der Waals surface area contributed by atoms with Crippen LogP contribution in [0.2, 0.25) is 0 Å². The number of fused-ring (bicyclic) bond motifs is 1. The first kappa shape index (κ1) is 8.74. The summed E-state index contributed by atoms with van der Waals surface area (Å²) in [5.74, 6) is 0.604. The zero-order chi connectivity index (χ0) is 9.97. The third-order valence-corrected chi connectivity index (χ3v) is 2.01. The molecule has 0 amide bonds. The Morgan fingerprint density at radius 1 is 1.29 bits per heavy atom. The molecule has 0 fully saturated rings. The summed E-state index contributed by atoms with van der Waals surface area (Å²) in [6, 6.07) is 5.62. The Labute approximate surface area is 81.9 Å². The average molecular weight is 189 g/mol. The molecule has 0 saturated carbocycles. The van der Waals surface area contributed by atoms with E-state index < -0.39 is 0 Å². The van der Waals surface area contributed by atoms with E-state index in [1.165, 1.54) is 0 Å². The molecule has 2 aromatic heterocycles. The van der Waals surface area contributed by atoms with Gasteiger partial charge in [-0.05, 0) is 12.1 Å². The van der Waals surface area contributed by atoms with Gasteiger partial charge in [0.05, 0.1) is 30.0 Å². The number of ether oxygens (including phenoxy) is 1. The topological polar surface area (TPSA) is 47.0 Å². The van der Waals surface area contributed by atoms with Crippen LogP contribution in [0.1, 0.15) is 0 Å². The highest BCUT2D eigenvalue weighted by Gasteiger charge is 1.99. The summed E-state index contributed by atoms with van der Waals surface area (Å²) < 4.78 is 5.04. The predicted octanol–water partition coefficient (Wildman–Crippen LogP) is 1.68. The van der Waals surface area contributed by atoms with Gasteiger partial charge in [0.2, 0.25) is 5.88 Å². The highest BCUT2D eigenvalue weighted by atomic mass is 16.5. The number of pyridine rings is 2. The summed E-state index contributed by atoms with van der Waals surface area (Å²) in [4.78, 5) is 8.52. The van der Waals surface area contributed by atoms with Gasteiger partial charge < -0.3 is 10.1 Å². The molecule has 4 heteroatoms. The molecule has 1 N–H and O–H groups in total. The Bertz CT molecular complexity index is 417. The zero-order valence-electron chi connectivity index (χ0n) is 8.11. The van der Waals surface area contributed by atoms with Gasteiger partial charge in [-0.25, -0.2) is 4.98 Å². The second-order valence-corrected chi connectivity index (χ2v) is 2.87. The van der Waals surface area contributed by atoms with E-state index in [-0.39, 0.29) is 0 Å². The minimum absolute atomic E-state index is 0.604. The summed E-state index contributed by atoms with van der Waals surface area (Å²) in [7, 11) is 3.45. The monoisotopic (exact) mass is 189 g/mol. The molecule has 0 radical (unpaired) electrons. The second-order valence-electron chi connectivity index (χ2n) is 2.87. The number of methoxy groups -OCH3 is 1. The minimum atomic E-state index is 0.604. The first-order valence-electron chi connectivity index (χ1n) is 4.32. The second kappa shape index (κ2) is 3.49. The SMILES string of the molecule is CNc1cnc2ccc(OC)nc2c1. The van der Waals surface area contributed by atoms with Crippen molar-refractivity contribution in [2.24, 2.45) is 0 Å². The van der Waals surface area contributed by atoms with E-state index >= 15 is 0 Å². The molecular weight excluding hydrogens is 178 g/mol. The third kappa shape index (κ3) is 1.46. The van der Waals surface area contributed by atoms with Crippen LogP contribution in [0.15, 0.2) is 24.4 Å². The van der Waals surface area contributed by atoms with Crippen LogP contribution in [0.4, 0.5) is 5.69 Å². The van der Waals surface area contributed by atoms with Gasteiger partial charge in [0.15, 0.2) is 0 Å². The van der Waals surface area contributed by atoms with Gasteiger partial charge in [0, 0.05) is 13.1 Å². The van der Waals surface area contributed by atoms with Gasteiger partial charge in [-0.1, -0.05) is 0 Å². The van der Waals surface area contributed by atoms with Crippen LogP contribution in [0.25, 0.3) is 11.0 Å². The fourth-order valence-electron chi connectivity index (χ4n) is 1.24. The normalized spacial score (nSPS) is 10.1. The fraction of sp³-hybridized carbons (Fsp3) is 0.200. The summed E-state index contributed by atoms with van der Waals surface area (Å²) in [5.41, 5.74) is 2.64. The molecule has 2 heterocycles. The van der Waals surface area contributed by atoms with Crippen LogP contribution in [0.3, 0.4) is 0 Å². The summed E-state index contributed by atoms with van der Waals surface area (Å²) in [5, 5.41) is 3.01. The molecule has 72 valence electrons. The average Bonchev–Trinajstić information content (AvgIpc) is 2.27. The van der Waals surface area contributed by atoms with Crippen molar-refractivity contribution in [2.45, 2.75) is 0 Å². The van der Waals surface area contributed by atoms with E-state index in [0.29, 0.717) is 5.88 Å². The molecule has 0 saturated heterocycles. The van der Waals surface area contributed by atoms with Gasteiger partial charge in [0.1, 0.15) is 0 Å². The molecule has 0 spiro atoms. The number of hydrogen-bond donors (Lipinski definition) is 1. The first-order valence-corrected chi connectivity index (χ1v) is 4.32. The highest BCUT2D eigenvalue weighted by Crippen LogP contribution is 2.17. The highest BCUT2D eigenvalue weighted by molar-refractivity contribution is 5.77. The summed E-state index contributed by atoms with van der Waals surface area (Å²) in [6.45, 7) is 0. The molecule has 0 unspecified atom stereocenters. The van der Waals surface area contributed by atoms with E-state index in [4.69, 9.17) is 4.74 Å². The number of nitrogens with zero attached hydrogens (tertiary/aromatic N) is 2. The fourth-order valence-corrected chi connectivity index (χ4v) is 1.24. The molecule has 2 aromatic rings. The third-order valence-electron chi connectivity index (χ3n) is 2.01. The van der Waals surface area contributed by atoms with Crippen molar-refractivity contribution in [1.82, 2.24) is 9.97 Å². The van der Waals surface area contributed by atoms with Crippen molar-refractivity contribution in [2.75, 3.05) is 19.5 Å². The summed E-state index contributed by atoms with van der Waals surface area (Å²) >= 11 is 0. The molecule has 0 aliphatic rings. The molecular formula is C10H11N3O. The Balaban J connectivity index is 2.60. The molecule has 0 aliphatic carbocycles. The largest absolute Gasteiger partial charge is 0.481 e. The smallest absolute Gasteiger partial charge is 0.213 e. The van der Waals surface area contributed by atoms with E-state index in [1.54, 1.807) is 19.4 Å². The Morgan fingerprint density at radius 2 is 2.14 bits per heavy atom. The maximum absolute atomic E-state index is 5.04. The standard InChI is InChI=1S/C10H11N3O/c1-11-7-5-9-8(12-6-7)3-4-10(13-9)14-2/h3-6,11H,1-2H3. The molecule has 0 bridgehead atoms. The van der Waals surface area contributed by atoms with Crippen molar-refractivity contribution in [1.29, 1.82) is 0 Å². The lowest BCUT2D eigenvalue weighted by atomic mass is 10.3. The van der Waals surface area contributed by atoms with E-state index in [2.05, 4.69) is 15.3 Å². The zero-order valence-corrected chi connectivity index (χ0v) is 8.11. The van der Waals surface area contributed by atoms with E-state index in [1.807, 2.05) is 19.2 Å². The van der Waals surface area contributed by atoms with Gasteiger partial charge in [0.25, 0.3) is 0 Å². The predicted molar refractivity (Wildman–Crippen MR) is 55.6 cm³/mol. The molecule has 0 aliphatic heterocycles. The van der Waals surface area contributed by atoms with Gasteiger partial charge in [-0.2, -0.15) is 0 Å². The van der Waals surface area contributed by atoms with Crippen LogP contribution in [0, 0.1) is 0 Å². The number of hydrogen-bond acceptors (Lipinski definition) is 4.